The van der Waals surface area contributed by atoms with Crippen molar-refractivity contribution in [2.24, 2.45) is 5.11 Å². The number of methoxy groups -OCH3 is 1. The Morgan fingerprint density at radius 2 is 2.35 bits per heavy atom. The van der Waals surface area contributed by atoms with Gasteiger partial charge in [0, 0.05) is 11.5 Å². The normalized spacial score (nSPS) is 11.6. The minimum Gasteiger partial charge on any atom is -0.468 e. The van der Waals surface area contributed by atoms with Gasteiger partial charge in [0.1, 0.15) is 11.9 Å². The SMILES string of the molecule is COC(=O)C(NCCCN=[N+]=[N-])c1ccc(F)c(C)c1. The maximum Gasteiger partial charge on any atom is 0.327 e. The summed E-state index contributed by atoms with van der Waals surface area (Å²) in [5.41, 5.74) is 9.27. The van der Waals surface area contributed by atoms with Gasteiger partial charge in [-0.2, -0.15) is 0 Å². The molecule has 0 bridgehead atoms. The lowest BCUT2D eigenvalue weighted by Crippen LogP contribution is -2.30. The van der Waals surface area contributed by atoms with Gasteiger partial charge in [0.05, 0.1) is 7.11 Å². The Hall–Kier alpha value is -2.11. The molecule has 1 aromatic carbocycles. The zero-order valence-electron chi connectivity index (χ0n) is 11.5. The molecule has 0 radical (unpaired) electrons. The van der Waals surface area contributed by atoms with Gasteiger partial charge in [-0.05, 0) is 42.6 Å². The smallest absolute Gasteiger partial charge is 0.327 e. The van der Waals surface area contributed by atoms with Gasteiger partial charge in [-0.3, -0.25) is 0 Å². The minimum atomic E-state index is -0.662. The summed E-state index contributed by atoms with van der Waals surface area (Å²) < 4.78 is 18.0. The topological polar surface area (TPSA) is 87.1 Å². The molecule has 108 valence electrons. The van der Waals surface area contributed by atoms with Crippen LogP contribution in [0.1, 0.15) is 23.6 Å². The van der Waals surface area contributed by atoms with Crippen molar-refractivity contribution in [2.45, 2.75) is 19.4 Å². The molecule has 7 heteroatoms. The maximum absolute atomic E-state index is 13.3. The highest BCUT2D eigenvalue weighted by Crippen LogP contribution is 2.18. The fourth-order valence-electron chi connectivity index (χ4n) is 1.74. The van der Waals surface area contributed by atoms with Crippen molar-refractivity contribution in [3.05, 3.63) is 45.6 Å². The molecule has 0 aliphatic carbocycles. The Kier molecular flexibility index (Phi) is 6.49. The van der Waals surface area contributed by atoms with E-state index in [1.165, 1.54) is 13.2 Å². The van der Waals surface area contributed by atoms with Crippen molar-refractivity contribution >= 4 is 5.97 Å². The van der Waals surface area contributed by atoms with Gasteiger partial charge in [-0.15, -0.1) is 0 Å². The molecule has 0 spiro atoms. The molecule has 1 aromatic rings. The minimum absolute atomic E-state index is 0.319. The quantitative estimate of drug-likeness (QED) is 0.274. The van der Waals surface area contributed by atoms with Gasteiger partial charge in [0.25, 0.3) is 0 Å². The highest BCUT2D eigenvalue weighted by atomic mass is 19.1. The Labute approximate surface area is 116 Å². The predicted molar refractivity (Wildman–Crippen MR) is 72.5 cm³/mol. The molecular formula is C13H17FN4O2. The third-order valence-electron chi connectivity index (χ3n) is 2.80. The van der Waals surface area contributed by atoms with E-state index in [1.807, 2.05) is 0 Å². The first-order chi connectivity index (χ1) is 9.60. The number of carbonyl (C=O) groups excluding carboxylic acids is 1. The van der Waals surface area contributed by atoms with E-state index in [9.17, 15) is 9.18 Å². The molecule has 20 heavy (non-hydrogen) atoms. The molecular weight excluding hydrogens is 263 g/mol. The first-order valence-corrected chi connectivity index (χ1v) is 6.18. The summed E-state index contributed by atoms with van der Waals surface area (Å²) in [4.78, 5) is 14.4. The summed E-state index contributed by atoms with van der Waals surface area (Å²) >= 11 is 0. The van der Waals surface area contributed by atoms with E-state index < -0.39 is 12.0 Å². The Balaban J connectivity index is 2.75. The van der Waals surface area contributed by atoms with Crippen molar-refractivity contribution < 1.29 is 13.9 Å². The number of aryl methyl sites for hydroxylation is 1. The van der Waals surface area contributed by atoms with Crippen molar-refractivity contribution in [2.75, 3.05) is 20.2 Å². The van der Waals surface area contributed by atoms with E-state index >= 15 is 0 Å². The van der Waals surface area contributed by atoms with E-state index in [2.05, 4.69) is 15.3 Å². The van der Waals surface area contributed by atoms with Crippen LogP contribution < -0.4 is 5.32 Å². The lowest BCUT2D eigenvalue weighted by Gasteiger charge is -2.17. The monoisotopic (exact) mass is 280 g/mol. The van der Waals surface area contributed by atoms with Gasteiger partial charge in [0.2, 0.25) is 0 Å². The molecule has 0 fully saturated rings. The number of hydrogen-bond donors (Lipinski definition) is 1. The molecule has 0 aliphatic rings. The maximum atomic E-state index is 13.3. The number of nitrogens with one attached hydrogen (secondary N) is 1. The Morgan fingerprint density at radius 1 is 1.60 bits per heavy atom. The van der Waals surface area contributed by atoms with Crippen LogP contribution in [0, 0.1) is 12.7 Å². The molecule has 0 saturated heterocycles. The fraction of sp³-hybridized carbons (Fsp3) is 0.462. The van der Waals surface area contributed by atoms with E-state index in [0.717, 1.165) is 0 Å². The van der Waals surface area contributed by atoms with Crippen LogP contribution in [0.25, 0.3) is 10.4 Å². The molecule has 1 unspecified atom stereocenters. The summed E-state index contributed by atoms with van der Waals surface area (Å²) in [5, 5.41) is 6.42. The molecule has 0 aliphatic heterocycles. The van der Waals surface area contributed by atoms with Gasteiger partial charge >= 0.3 is 5.97 Å². The third kappa shape index (κ3) is 4.53. The van der Waals surface area contributed by atoms with Crippen LogP contribution in [0.3, 0.4) is 0 Å². The lowest BCUT2D eigenvalue weighted by atomic mass is 10.0. The van der Waals surface area contributed by atoms with E-state index in [4.69, 9.17) is 10.3 Å². The lowest BCUT2D eigenvalue weighted by molar-refractivity contribution is -0.143. The number of hydrogen-bond acceptors (Lipinski definition) is 4. The van der Waals surface area contributed by atoms with Gasteiger partial charge in [0.15, 0.2) is 0 Å². The van der Waals surface area contributed by atoms with Gasteiger partial charge in [-0.25, -0.2) is 9.18 Å². The predicted octanol–water partition coefficient (Wildman–Crippen LogP) is 2.64. The first kappa shape index (κ1) is 15.9. The van der Waals surface area contributed by atoms with E-state index in [1.54, 1.807) is 19.1 Å². The molecule has 6 nitrogen and oxygen atoms in total. The second-order valence-corrected chi connectivity index (χ2v) is 4.23. The molecule has 0 saturated carbocycles. The Bertz CT molecular complexity index is 515. The van der Waals surface area contributed by atoms with Crippen molar-refractivity contribution in [1.82, 2.24) is 5.32 Å². The second kappa shape index (κ2) is 8.14. The first-order valence-electron chi connectivity index (χ1n) is 6.18. The van der Waals surface area contributed by atoms with Crippen LogP contribution in [0.2, 0.25) is 0 Å². The number of azide groups is 1. The third-order valence-corrected chi connectivity index (χ3v) is 2.80. The van der Waals surface area contributed by atoms with E-state index in [0.29, 0.717) is 30.6 Å². The van der Waals surface area contributed by atoms with Crippen molar-refractivity contribution in [3.8, 4) is 0 Å². The van der Waals surface area contributed by atoms with Crippen molar-refractivity contribution in [1.29, 1.82) is 0 Å². The van der Waals surface area contributed by atoms with Crippen LogP contribution in [0.5, 0.6) is 0 Å². The number of ether oxygens (including phenoxy) is 1. The van der Waals surface area contributed by atoms with Crippen molar-refractivity contribution in [3.63, 3.8) is 0 Å². The van der Waals surface area contributed by atoms with Crippen LogP contribution >= 0.6 is 0 Å². The molecule has 0 aromatic heterocycles. The molecule has 0 amide bonds. The zero-order chi connectivity index (χ0) is 15.0. The van der Waals surface area contributed by atoms with E-state index in [-0.39, 0.29) is 5.82 Å². The average molecular weight is 280 g/mol. The number of esters is 1. The largest absolute Gasteiger partial charge is 0.468 e. The summed E-state index contributed by atoms with van der Waals surface area (Å²) in [7, 11) is 1.30. The van der Waals surface area contributed by atoms with Gasteiger partial charge < -0.3 is 10.1 Å². The summed E-state index contributed by atoms with van der Waals surface area (Å²) in [5.74, 6) is -0.763. The molecule has 1 atom stereocenters. The summed E-state index contributed by atoms with van der Waals surface area (Å²) in [6.07, 6.45) is 0.595. The average Bonchev–Trinajstić information content (AvgIpc) is 2.45. The summed E-state index contributed by atoms with van der Waals surface area (Å²) in [6.45, 7) is 2.46. The Morgan fingerprint density at radius 3 is 2.95 bits per heavy atom. The number of nitrogens with zero attached hydrogens (tertiary/aromatic N) is 3. The highest BCUT2D eigenvalue weighted by Gasteiger charge is 2.21. The number of halogens is 1. The standard InChI is InChI=1S/C13H17FN4O2/c1-9-8-10(4-5-11(9)14)12(13(19)20-2)16-6-3-7-17-18-15/h4-5,8,12,16H,3,6-7H2,1-2H3. The second-order valence-electron chi connectivity index (χ2n) is 4.23. The molecule has 1 N–H and O–H groups in total. The molecule has 1 rings (SSSR count). The van der Waals surface area contributed by atoms with Crippen LogP contribution in [0.15, 0.2) is 23.3 Å². The van der Waals surface area contributed by atoms with Crippen LogP contribution in [-0.4, -0.2) is 26.2 Å². The van der Waals surface area contributed by atoms with Crippen LogP contribution in [-0.2, 0) is 9.53 Å². The highest BCUT2D eigenvalue weighted by molar-refractivity contribution is 5.77. The zero-order valence-corrected chi connectivity index (χ0v) is 11.5. The van der Waals surface area contributed by atoms with Gasteiger partial charge in [-0.1, -0.05) is 17.2 Å². The number of carbonyl (C=O) groups is 1. The number of benzene rings is 1. The van der Waals surface area contributed by atoms with Crippen LogP contribution in [0.4, 0.5) is 4.39 Å². The summed E-state index contributed by atoms with van der Waals surface area (Å²) in [6, 6.07) is 3.81. The fourth-order valence-corrected chi connectivity index (χ4v) is 1.74. The molecule has 0 heterocycles. The number of rotatable bonds is 7.